The third-order valence-corrected chi connectivity index (χ3v) is 6.31. The Morgan fingerprint density at radius 3 is 2.70 bits per heavy atom. The fourth-order valence-electron chi connectivity index (χ4n) is 2.39. The predicted molar refractivity (Wildman–Crippen MR) is 79.6 cm³/mol. The Hall–Kier alpha value is -0.920. The Morgan fingerprint density at radius 2 is 2.10 bits per heavy atom. The number of piperidine rings is 1. The lowest BCUT2D eigenvalue weighted by atomic mass is 10.0. The predicted octanol–water partition coefficient (Wildman–Crippen LogP) is 1.79. The standard InChI is InChI=1S/C13H17BrN2O3S/c1-9-8-10(5-6-11(9)14)20(18,19)16-7-3-2-4-12(16)13(15)17/h5-6,8,12H,2-4,7H2,1H3,(H2,15,17). The largest absolute Gasteiger partial charge is 0.368 e. The van der Waals surface area contributed by atoms with Crippen LogP contribution < -0.4 is 5.73 Å². The molecule has 5 nitrogen and oxygen atoms in total. The average molecular weight is 361 g/mol. The van der Waals surface area contributed by atoms with E-state index in [1.807, 2.05) is 6.92 Å². The van der Waals surface area contributed by atoms with Gasteiger partial charge in [0.25, 0.3) is 0 Å². The molecule has 1 saturated heterocycles. The molecular formula is C13H17BrN2O3S. The van der Waals surface area contributed by atoms with Crippen molar-refractivity contribution in [3.05, 3.63) is 28.2 Å². The molecule has 1 unspecified atom stereocenters. The number of nitrogens with zero attached hydrogens (tertiary/aromatic N) is 1. The van der Waals surface area contributed by atoms with Gasteiger partial charge < -0.3 is 5.73 Å². The van der Waals surface area contributed by atoms with E-state index in [2.05, 4.69) is 15.9 Å². The number of hydrogen-bond donors (Lipinski definition) is 1. The van der Waals surface area contributed by atoms with Crippen molar-refractivity contribution in [2.45, 2.75) is 37.1 Å². The number of sulfonamides is 1. The van der Waals surface area contributed by atoms with Gasteiger partial charge >= 0.3 is 0 Å². The lowest BCUT2D eigenvalue weighted by Crippen LogP contribution is -2.50. The first-order valence-corrected chi connectivity index (χ1v) is 8.64. The van der Waals surface area contributed by atoms with E-state index in [-0.39, 0.29) is 4.90 Å². The number of hydrogen-bond acceptors (Lipinski definition) is 3. The van der Waals surface area contributed by atoms with E-state index in [1.165, 1.54) is 4.31 Å². The van der Waals surface area contributed by atoms with Crippen LogP contribution in [0.15, 0.2) is 27.6 Å². The minimum absolute atomic E-state index is 0.200. The van der Waals surface area contributed by atoms with Gasteiger partial charge in [0, 0.05) is 11.0 Å². The van der Waals surface area contributed by atoms with Gasteiger partial charge in [0.05, 0.1) is 4.90 Å². The van der Waals surface area contributed by atoms with Crippen molar-refractivity contribution in [1.82, 2.24) is 4.31 Å². The van der Waals surface area contributed by atoms with Crippen molar-refractivity contribution in [3.63, 3.8) is 0 Å². The molecule has 1 aliphatic heterocycles. The van der Waals surface area contributed by atoms with Crippen molar-refractivity contribution in [2.75, 3.05) is 6.54 Å². The van der Waals surface area contributed by atoms with Gasteiger partial charge in [-0.05, 0) is 43.5 Å². The van der Waals surface area contributed by atoms with E-state index >= 15 is 0 Å². The summed E-state index contributed by atoms with van der Waals surface area (Å²) in [7, 11) is -3.68. The summed E-state index contributed by atoms with van der Waals surface area (Å²) in [5, 5.41) is 0. The number of primary amides is 1. The molecule has 20 heavy (non-hydrogen) atoms. The molecule has 1 aliphatic rings. The average Bonchev–Trinajstić information content (AvgIpc) is 2.41. The summed E-state index contributed by atoms with van der Waals surface area (Å²) in [6.07, 6.45) is 2.06. The molecule has 1 fully saturated rings. The number of benzene rings is 1. The number of nitrogens with two attached hydrogens (primary N) is 1. The van der Waals surface area contributed by atoms with Crippen LogP contribution in [-0.2, 0) is 14.8 Å². The van der Waals surface area contributed by atoms with Crippen LogP contribution in [0.1, 0.15) is 24.8 Å². The first-order valence-electron chi connectivity index (χ1n) is 6.41. The fourth-order valence-corrected chi connectivity index (χ4v) is 4.39. The third kappa shape index (κ3) is 2.89. The van der Waals surface area contributed by atoms with Crippen molar-refractivity contribution in [3.8, 4) is 0 Å². The van der Waals surface area contributed by atoms with Crippen LogP contribution in [0.2, 0.25) is 0 Å². The highest BCUT2D eigenvalue weighted by molar-refractivity contribution is 9.10. The van der Waals surface area contributed by atoms with Gasteiger partial charge in [-0.3, -0.25) is 4.79 Å². The van der Waals surface area contributed by atoms with Gasteiger partial charge in [0.2, 0.25) is 15.9 Å². The van der Waals surface area contributed by atoms with E-state index in [1.54, 1.807) is 18.2 Å². The molecule has 1 amide bonds. The Balaban J connectivity index is 2.42. The molecule has 1 aromatic rings. The molecule has 0 bridgehead atoms. The summed E-state index contributed by atoms with van der Waals surface area (Å²) in [6.45, 7) is 2.16. The molecule has 110 valence electrons. The van der Waals surface area contributed by atoms with Crippen LogP contribution in [0.3, 0.4) is 0 Å². The van der Waals surface area contributed by atoms with E-state index in [9.17, 15) is 13.2 Å². The summed E-state index contributed by atoms with van der Waals surface area (Å²) in [4.78, 5) is 11.7. The lowest BCUT2D eigenvalue weighted by Gasteiger charge is -2.32. The van der Waals surface area contributed by atoms with E-state index in [4.69, 9.17) is 5.73 Å². The van der Waals surface area contributed by atoms with Gasteiger partial charge in [-0.2, -0.15) is 4.31 Å². The Morgan fingerprint density at radius 1 is 1.40 bits per heavy atom. The second-order valence-corrected chi connectivity index (χ2v) is 7.69. The monoisotopic (exact) mass is 360 g/mol. The number of rotatable bonds is 3. The van der Waals surface area contributed by atoms with Crippen molar-refractivity contribution in [2.24, 2.45) is 5.73 Å². The topological polar surface area (TPSA) is 80.5 Å². The van der Waals surface area contributed by atoms with Crippen LogP contribution in [0.5, 0.6) is 0 Å². The molecule has 2 N–H and O–H groups in total. The quantitative estimate of drug-likeness (QED) is 0.891. The van der Waals surface area contributed by atoms with E-state index < -0.39 is 22.0 Å². The summed E-state index contributed by atoms with van der Waals surface area (Å²) in [5.74, 6) is -0.581. The Labute approximate surface area is 127 Å². The van der Waals surface area contributed by atoms with Crippen LogP contribution in [-0.4, -0.2) is 31.2 Å². The molecule has 1 atom stereocenters. The maximum atomic E-state index is 12.7. The minimum Gasteiger partial charge on any atom is -0.368 e. The number of halogens is 1. The van der Waals surface area contributed by atoms with Crippen LogP contribution in [0.4, 0.5) is 0 Å². The maximum Gasteiger partial charge on any atom is 0.243 e. The van der Waals surface area contributed by atoms with E-state index in [0.717, 1.165) is 22.9 Å². The molecule has 1 aromatic carbocycles. The molecule has 2 rings (SSSR count). The molecule has 0 aromatic heterocycles. The number of aryl methyl sites for hydroxylation is 1. The van der Waals surface area contributed by atoms with E-state index in [0.29, 0.717) is 13.0 Å². The number of carbonyl (C=O) groups excluding carboxylic acids is 1. The molecule has 1 heterocycles. The van der Waals surface area contributed by atoms with Gasteiger partial charge in [-0.1, -0.05) is 22.4 Å². The molecule has 0 saturated carbocycles. The normalized spacial score (nSPS) is 20.8. The van der Waals surface area contributed by atoms with Crippen LogP contribution in [0, 0.1) is 6.92 Å². The number of amides is 1. The fraction of sp³-hybridized carbons (Fsp3) is 0.462. The molecule has 0 radical (unpaired) electrons. The highest BCUT2D eigenvalue weighted by Crippen LogP contribution is 2.27. The molecule has 0 spiro atoms. The highest BCUT2D eigenvalue weighted by atomic mass is 79.9. The minimum atomic E-state index is -3.68. The van der Waals surface area contributed by atoms with Gasteiger partial charge in [0.15, 0.2) is 0 Å². The summed E-state index contributed by atoms with van der Waals surface area (Å²) in [5.41, 5.74) is 6.17. The number of carbonyl (C=O) groups is 1. The highest BCUT2D eigenvalue weighted by Gasteiger charge is 2.36. The zero-order chi connectivity index (χ0) is 14.9. The molecular weight excluding hydrogens is 344 g/mol. The summed E-state index contributed by atoms with van der Waals surface area (Å²) >= 11 is 3.34. The molecule has 7 heteroatoms. The lowest BCUT2D eigenvalue weighted by molar-refractivity contribution is -0.122. The van der Waals surface area contributed by atoms with Crippen molar-refractivity contribution >= 4 is 31.9 Å². The summed E-state index contributed by atoms with van der Waals surface area (Å²) in [6, 6.07) is 4.11. The first-order chi connectivity index (χ1) is 9.34. The SMILES string of the molecule is Cc1cc(S(=O)(=O)N2CCCCC2C(N)=O)ccc1Br. The first kappa shape index (κ1) is 15.5. The van der Waals surface area contributed by atoms with Crippen LogP contribution >= 0.6 is 15.9 Å². The van der Waals surface area contributed by atoms with Crippen molar-refractivity contribution in [1.29, 1.82) is 0 Å². The van der Waals surface area contributed by atoms with Crippen LogP contribution in [0.25, 0.3) is 0 Å². The third-order valence-electron chi connectivity index (χ3n) is 3.52. The van der Waals surface area contributed by atoms with Gasteiger partial charge in [0.1, 0.15) is 6.04 Å². The second kappa shape index (κ2) is 5.83. The van der Waals surface area contributed by atoms with Gasteiger partial charge in [-0.25, -0.2) is 8.42 Å². The van der Waals surface area contributed by atoms with Gasteiger partial charge in [-0.15, -0.1) is 0 Å². The second-order valence-electron chi connectivity index (χ2n) is 4.94. The Bertz CT molecular complexity index is 631. The molecule has 0 aliphatic carbocycles. The smallest absolute Gasteiger partial charge is 0.243 e. The summed E-state index contributed by atoms with van der Waals surface area (Å²) < 4.78 is 27.4. The van der Waals surface area contributed by atoms with Crippen molar-refractivity contribution < 1.29 is 13.2 Å². The zero-order valence-corrected chi connectivity index (χ0v) is 13.6. The zero-order valence-electron chi connectivity index (χ0n) is 11.2. The Kier molecular flexibility index (Phi) is 4.51. The maximum absolute atomic E-state index is 12.7.